The van der Waals surface area contributed by atoms with Crippen LogP contribution in [0.1, 0.15) is 41.0 Å². The molecule has 2 aromatic heterocycles. The molecule has 0 saturated carbocycles. The summed E-state index contributed by atoms with van der Waals surface area (Å²) < 4.78 is 45.6. The maximum Gasteiger partial charge on any atom is 0.342 e. The number of carbonyl (C=O) groups is 1. The Bertz CT molecular complexity index is 1240. The lowest BCUT2D eigenvalue weighted by molar-refractivity contribution is 0.0456. The molecule has 9 nitrogen and oxygen atoms in total. The van der Waals surface area contributed by atoms with Crippen LogP contribution in [0.25, 0.3) is 11.0 Å². The summed E-state index contributed by atoms with van der Waals surface area (Å²) in [6.07, 6.45) is 0.847. The summed E-state index contributed by atoms with van der Waals surface area (Å²) in [6.45, 7) is 7.61. The van der Waals surface area contributed by atoms with Crippen molar-refractivity contribution in [3.8, 4) is 0 Å². The van der Waals surface area contributed by atoms with Crippen molar-refractivity contribution in [3.63, 3.8) is 0 Å². The fraction of sp³-hybridized carbons (Fsp3) is 0.455. The summed E-state index contributed by atoms with van der Waals surface area (Å²) in [6, 6.07) is 6.60. The first-order valence-electron chi connectivity index (χ1n) is 10.6. The molecule has 1 fully saturated rings. The van der Waals surface area contributed by atoms with Gasteiger partial charge in [-0.2, -0.15) is 4.31 Å². The molecule has 0 N–H and O–H groups in total. The lowest BCUT2D eigenvalue weighted by Crippen LogP contribution is -2.40. The average molecular weight is 462 g/mol. The van der Waals surface area contributed by atoms with Crippen molar-refractivity contribution in [1.82, 2.24) is 13.9 Å². The van der Waals surface area contributed by atoms with E-state index < -0.39 is 16.0 Å². The van der Waals surface area contributed by atoms with Gasteiger partial charge in [-0.15, -0.1) is 0 Å². The van der Waals surface area contributed by atoms with Crippen LogP contribution >= 0.6 is 0 Å². The van der Waals surface area contributed by atoms with E-state index in [-0.39, 0.29) is 11.5 Å². The lowest BCUT2D eigenvalue weighted by atomic mass is 10.2. The van der Waals surface area contributed by atoms with Crippen molar-refractivity contribution in [2.75, 3.05) is 26.3 Å². The normalized spacial score (nSPS) is 15.3. The molecule has 32 heavy (non-hydrogen) atoms. The molecule has 1 aliphatic heterocycles. The zero-order valence-corrected chi connectivity index (χ0v) is 19.3. The third-order valence-electron chi connectivity index (χ3n) is 5.45. The maximum atomic E-state index is 13.0. The van der Waals surface area contributed by atoms with Crippen molar-refractivity contribution in [1.29, 1.82) is 0 Å². The maximum absolute atomic E-state index is 13.0. The minimum absolute atomic E-state index is 0.0251. The molecule has 0 spiro atoms. The number of fused-ring (bicyclic) bond motifs is 1. The summed E-state index contributed by atoms with van der Waals surface area (Å²) in [5.41, 5.74) is 1.74. The van der Waals surface area contributed by atoms with Crippen LogP contribution < -0.4 is 0 Å². The van der Waals surface area contributed by atoms with Gasteiger partial charge in [0.15, 0.2) is 0 Å². The van der Waals surface area contributed by atoms with Gasteiger partial charge >= 0.3 is 5.97 Å². The molecular weight excluding hydrogens is 434 g/mol. The van der Waals surface area contributed by atoms with Crippen LogP contribution in [0.4, 0.5) is 0 Å². The molecule has 0 bridgehead atoms. The number of hydrogen-bond acceptors (Lipinski definition) is 7. The number of imidazole rings is 1. The Morgan fingerprint density at radius 3 is 2.59 bits per heavy atom. The number of carbonyl (C=O) groups excluding carboxylic acids is 1. The number of morpholine rings is 1. The molecule has 3 aromatic rings. The summed E-state index contributed by atoms with van der Waals surface area (Å²) in [5.74, 6) is 1.23. The molecule has 0 radical (unpaired) electrons. The number of benzene rings is 1. The highest BCUT2D eigenvalue weighted by Crippen LogP contribution is 2.25. The van der Waals surface area contributed by atoms with Gasteiger partial charge in [0.1, 0.15) is 29.5 Å². The van der Waals surface area contributed by atoms with Crippen molar-refractivity contribution >= 4 is 27.0 Å². The molecule has 0 unspecified atom stereocenters. The van der Waals surface area contributed by atoms with E-state index in [1.807, 2.05) is 11.5 Å². The summed E-state index contributed by atoms with van der Waals surface area (Å²) in [5, 5.41) is 0. The lowest BCUT2D eigenvalue weighted by Gasteiger charge is -2.26. The summed E-state index contributed by atoms with van der Waals surface area (Å²) in [7, 11) is -3.63. The molecular formula is C22H27N3O6S. The Morgan fingerprint density at radius 2 is 1.94 bits per heavy atom. The number of aryl methyl sites for hydroxylation is 3. The minimum Gasteiger partial charge on any atom is -0.466 e. The number of hydrogen-bond donors (Lipinski definition) is 0. The van der Waals surface area contributed by atoms with Crippen LogP contribution in [0.2, 0.25) is 0 Å². The van der Waals surface area contributed by atoms with Crippen molar-refractivity contribution in [3.05, 3.63) is 47.2 Å². The zero-order chi connectivity index (χ0) is 22.9. The first kappa shape index (κ1) is 22.5. The number of furan rings is 1. The number of aromatic nitrogens is 2. The fourth-order valence-electron chi connectivity index (χ4n) is 3.88. The monoisotopic (exact) mass is 461 g/mol. The van der Waals surface area contributed by atoms with Crippen LogP contribution in [-0.2, 0) is 32.6 Å². The highest BCUT2D eigenvalue weighted by Gasteiger charge is 2.27. The molecule has 1 aromatic carbocycles. The Labute approximate surface area is 187 Å². The molecule has 0 amide bonds. The quantitative estimate of drug-likeness (QED) is 0.498. The minimum atomic E-state index is -3.63. The van der Waals surface area contributed by atoms with E-state index in [1.54, 1.807) is 38.1 Å². The predicted molar refractivity (Wildman–Crippen MR) is 117 cm³/mol. The SMILES string of the molecule is CCCn1c(COC(=O)c2cc(C)oc2C)nc2cc(S(=O)(=O)N3CCOCC3)ccc21. The molecule has 0 aliphatic carbocycles. The van der Waals surface area contributed by atoms with E-state index in [2.05, 4.69) is 4.98 Å². The van der Waals surface area contributed by atoms with Crippen molar-refractivity contribution < 1.29 is 27.1 Å². The van der Waals surface area contributed by atoms with E-state index in [4.69, 9.17) is 13.9 Å². The molecule has 3 heterocycles. The number of sulfonamides is 1. The average Bonchev–Trinajstić information content (AvgIpc) is 3.31. The zero-order valence-electron chi connectivity index (χ0n) is 18.5. The van der Waals surface area contributed by atoms with Crippen molar-refractivity contribution in [2.24, 2.45) is 0 Å². The Balaban J connectivity index is 1.62. The van der Waals surface area contributed by atoms with E-state index in [1.165, 1.54) is 4.31 Å². The highest BCUT2D eigenvalue weighted by molar-refractivity contribution is 7.89. The third-order valence-corrected chi connectivity index (χ3v) is 7.34. The standard InChI is InChI=1S/C22H27N3O6S/c1-4-7-25-20-6-5-17(32(27,28)24-8-10-29-11-9-24)13-19(20)23-21(25)14-30-22(26)18-12-15(2)31-16(18)3/h5-6,12-13H,4,7-11,14H2,1-3H3. The summed E-state index contributed by atoms with van der Waals surface area (Å²) in [4.78, 5) is 17.3. The topological polar surface area (TPSA) is 104 Å². The molecule has 10 heteroatoms. The van der Waals surface area contributed by atoms with Crippen LogP contribution in [0, 0.1) is 13.8 Å². The van der Waals surface area contributed by atoms with Gasteiger partial charge < -0.3 is 18.5 Å². The Morgan fingerprint density at radius 1 is 1.19 bits per heavy atom. The Kier molecular flexibility index (Phi) is 6.36. The van der Waals surface area contributed by atoms with Gasteiger partial charge in [-0.3, -0.25) is 0 Å². The predicted octanol–water partition coefficient (Wildman–Crippen LogP) is 3.03. The largest absolute Gasteiger partial charge is 0.466 e. The van der Waals surface area contributed by atoms with Crippen molar-refractivity contribution in [2.45, 2.75) is 45.2 Å². The van der Waals surface area contributed by atoms with E-state index in [0.717, 1.165) is 11.9 Å². The van der Waals surface area contributed by atoms with Crippen LogP contribution in [0.15, 0.2) is 33.6 Å². The van der Waals surface area contributed by atoms with Gasteiger partial charge in [0.2, 0.25) is 10.0 Å². The van der Waals surface area contributed by atoms with Crippen LogP contribution in [0.3, 0.4) is 0 Å². The van der Waals surface area contributed by atoms with Gasteiger partial charge in [0.25, 0.3) is 0 Å². The van der Waals surface area contributed by atoms with Crippen LogP contribution in [0.5, 0.6) is 0 Å². The van der Waals surface area contributed by atoms with Gasteiger partial charge in [-0.25, -0.2) is 18.2 Å². The highest BCUT2D eigenvalue weighted by atomic mass is 32.2. The van der Waals surface area contributed by atoms with Crippen LogP contribution in [-0.4, -0.2) is 54.5 Å². The van der Waals surface area contributed by atoms with Gasteiger partial charge in [-0.1, -0.05) is 6.92 Å². The van der Waals surface area contributed by atoms with E-state index >= 15 is 0 Å². The van der Waals surface area contributed by atoms with Gasteiger partial charge in [0.05, 0.1) is 29.1 Å². The number of ether oxygens (including phenoxy) is 2. The first-order chi connectivity index (χ1) is 15.3. The van der Waals surface area contributed by atoms with E-state index in [9.17, 15) is 13.2 Å². The van der Waals surface area contributed by atoms with Gasteiger partial charge in [-0.05, 0) is 44.5 Å². The second kappa shape index (κ2) is 9.05. The second-order valence-corrected chi connectivity index (χ2v) is 9.69. The van der Waals surface area contributed by atoms with E-state index in [0.29, 0.717) is 61.3 Å². The number of nitrogens with zero attached hydrogens (tertiary/aromatic N) is 3. The molecule has 0 atom stereocenters. The number of esters is 1. The molecule has 4 rings (SSSR count). The molecule has 1 aliphatic rings. The molecule has 1 saturated heterocycles. The molecule has 172 valence electrons. The fourth-order valence-corrected chi connectivity index (χ4v) is 5.31. The van der Waals surface area contributed by atoms with Gasteiger partial charge in [0, 0.05) is 19.6 Å². The third kappa shape index (κ3) is 4.30. The first-order valence-corrected chi connectivity index (χ1v) is 12.1. The smallest absolute Gasteiger partial charge is 0.342 e. The summed E-state index contributed by atoms with van der Waals surface area (Å²) >= 11 is 0. The Hall–Kier alpha value is -2.69. The number of rotatable bonds is 7. The second-order valence-electron chi connectivity index (χ2n) is 7.75.